The van der Waals surface area contributed by atoms with E-state index in [1.807, 2.05) is 11.8 Å². The largest absolute Gasteiger partial charge is 0.362 e. The first-order valence-corrected chi connectivity index (χ1v) is 12.2. The van der Waals surface area contributed by atoms with Gasteiger partial charge in [-0.1, -0.05) is 43.7 Å². The molecule has 5 heteroatoms. The highest BCUT2D eigenvalue weighted by Gasteiger charge is 2.19. The number of likely N-dealkylation sites (tertiary alicyclic amines) is 1. The van der Waals surface area contributed by atoms with E-state index in [0.29, 0.717) is 5.11 Å². The molecule has 0 unspecified atom stereocenters. The zero-order valence-corrected chi connectivity index (χ0v) is 19.0. The normalized spacial score (nSPS) is 17.1. The third-order valence-electron chi connectivity index (χ3n) is 5.49. The zero-order chi connectivity index (χ0) is 20.3. The summed E-state index contributed by atoms with van der Waals surface area (Å²) >= 11 is 7.32. The summed E-state index contributed by atoms with van der Waals surface area (Å²) in [6, 6.07) is 19.9. The van der Waals surface area contributed by atoms with Crippen LogP contribution in [-0.4, -0.2) is 35.7 Å². The highest BCUT2D eigenvalue weighted by molar-refractivity contribution is 7.98. The predicted molar refractivity (Wildman–Crippen MR) is 131 cm³/mol. The van der Waals surface area contributed by atoms with E-state index in [9.17, 15) is 0 Å². The second-order valence-electron chi connectivity index (χ2n) is 7.63. The van der Waals surface area contributed by atoms with Gasteiger partial charge in [-0.3, -0.25) is 0 Å². The van der Waals surface area contributed by atoms with Gasteiger partial charge in [-0.25, -0.2) is 0 Å². The van der Waals surface area contributed by atoms with E-state index in [4.69, 9.17) is 12.2 Å². The molecule has 1 saturated heterocycles. The van der Waals surface area contributed by atoms with Gasteiger partial charge in [0.05, 0.1) is 0 Å². The van der Waals surface area contributed by atoms with E-state index < -0.39 is 0 Å². The molecular weight excluding hydrogens is 394 g/mol. The summed E-state index contributed by atoms with van der Waals surface area (Å²) in [5.74, 6) is 0.974. The van der Waals surface area contributed by atoms with Gasteiger partial charge in [0.2, 0.25) is 0 Å². The molecule has 0 saturated carbocycles. The van der Waals surface area contributed by atoms with Gasteiger partial charge in [0, 0.05) is 35.5 Å². The Morgan fingerprint density at radius 1 is 1.10 bits per heavy atom. The fraction of sp³-hybridized carbons (Fsp3) is 0.458. The first kappa shape index (κ1) is 22.1. The van der Waals surface area contributed by atoms with Crippen LogP contribution in [0.3, 0.4) is 0 Å². The molecule has 3 nitrogen and oxygen atoms in total. The van der Waals surface area contributed by atoms with E-state index in [1.165, 1.54) is 49.2 Å². The number of nitrogens with one attached hydrogen (secondary N) is 2. The van der Waals surface area contributed by atoms with Gasteiger partial charge < -0.3 is 15.5 Å². The highest BCUT2D eigenvalue weighted by atomic mass is 32.2. The van der Waals surface area contributed by atoms with E-state index in [-0.39, 0.29) is 0 Å². The van der Waals surface area contributed by atoms with Gasteiger partial charge in [-0.15, -0.1) is 11.8 Å². The van der Waals surface area contributed by atoms with Crippen LogP contribution < -0.4 is 10.6 Å². The van der Waals surface area contributed by atoms with Crippen LogP contribution in [0.4, 0.5) is 5.69 Å². The van der Waals surface area contributed by atoms with Crippen molar-refractivity contribution in [3.8, 4) is 0 Å². The lowest BCUT2D eigenvalue weighted by molar-refractivity contribution is 0.143. The number of anilines is 1. The Morgan fingerprint density at radius 3 is 2.66 bits per heavy atom. The van der Waals surface area contributed by atoms with Crippen molar-refractivity contribution in [3.05, 3.63) is 60.2 Å². The first-order valence-electron chi connectivity index (χ1n) is 10.8. The molecule has 2 aromatic rings. The number of hydrogen-bond acceptors (Lipinski definition) is 3. The fourth-order valence-corrected chi connectivity index (χ4v) is 4.94. The zero-order valence-electron chi connectivity index (χ0n) is 17.4. The summed E-state index contributed by atoms with van der Waals surface area (Å²) in [7, 11) is 0. The second kappa shape index (κ2) is 12.2. The minimum Gasteiger partial charge on any atom is -0.362 e. The van der Waals surface area contributed by atoms with E-state index >= 15 is 0 Å². The molecule has 1 aliphatic heterocycles. The molecule has 1 atom stereocenters. The lowest BCUT2D eigenvalue weighted by Crippen LogP contribution is -2.40. The van der Waals surface area contributed by atoms with Gasteiger partial charge in [-0.05, 0) is 74.3 Å². The summed E-state index contributed by atoms with van der Waals surface area (Å²) in [6.07, 6.45) is 6.51. The lowest BCUT2D eigenvalue weighted by atomic mass is 10.00. The Hall–Kier alpha value is -1.56. The predicted octanol–water partition coefficient (Wildman–Crippen LogP) is 5.92. The van der Waals surface area contributed by atoms with E-state index in [1.54, 1.807) is 0 Å². The highest BCUT2D eigenvalue weighted by Crippen LogP contribution is 2.23. The van der Waals surface area contributed by atoms with Crippen molar-refractivity contribution in [1.82, 2.24) is 10.2 Å². The van der Waals surface area contributed by atoms with Crippen LogP contribution in [0.2, 0.25) is 0 Å². The lowest BCUT2D eigenvalue weighted by Gasteiger charge is -2.35. The molecule has 1 heterocycles. The summed E-state index contributed by atoms with van der Waals surface area (Å²) in [4.78, 5) is 3.96. The van der Waals surface area contributed by atoms with E-state index in [2.05, 4.69) is 77.1 Å². The smallest absolute Gasteiger partial charge is 0.170 e. The van der Waals surface area contributed by atoms with Crippen LogP contribution in [0.15, 0.2) is 59.5 Å². The number of benzene rings is 2. The van der Waals surface area contributed by atoms with Crippen molar-refractivity contribution < 1.29 is 0 Å². The number of thioether (sulfide) groups is 1. The van der Waals surface area contributed by atoms with Crippen LogP contribution >= 0.6 is 24.0 Å². The minimum absolute atomic E-state index is 0.710. The molecule has 1 aliphatic rings. The molecule has 0 aliphatic carbocycles. The maximum Gasteiger partial charge on any atom is 0.170 e. The molecule has 0 bridgehead atoms. The average molecular weight is 428 g/mol. The maximum absolute atomic E-state index is 5.46. The maximum atomic E-state index is 5.46. The Labute approximate surface area is 185 Å². The third-order valence-corrected chi connectivity index (χ3v) is 6.82. The number of piperidine rings is 1. The number of rotatable bonds is 9. The molecule has 2 N–H and O–H groups in total. The summed E-state index contributed by atoms with van der Waals surface area (Å²) < 4.78 is 0. The number of thiocarbonyl (C=S) groups is 1. The molecule has 0 amide bonds. The standard InChI is InChI=1S/C24H33N3S2/c1-2-22-9-6-7-17-27(22)18-8-16-25-24(28)26-21-14-12-20(13-15-21)19-29-23-10-4-3-5-11-23/h3-5,10-15,22H,2,6-9,16-19H2,1H3,(H2,25,26,28)/t22-/m0/s1. The van der Waals surface area contributed by atoms with Crippen molar-refractivity contribution in [2.24, 2.45) is 0 Å². The molecule has 0 spiro atoms. The van der Waals surface area contributed by atoms with Gasteiger partial charge in [0.1, 0.15) is 0 Å². The number of hydrogen-bond donors (Lipinski definition) is 2. The summed E-state index contributed by atoms with van der Waals surface area (Å²) in [6.45, 7) is 5.66. The van der Waals surface area contributed by atoms with Gasteiger partial charge in [0.25, 0.3) is 0 Å². The fourth-order valence-electron chi connectivity index (χ4n) is 3.84. The molecular formula is C24H33N3S2. The quantitative estimate of drug-likeness (QED) is 0.294. The molecule has 0 aromatic heterocycles. The van der Waals surface area contributed by atoms with E-state index in [0.717, 1.165) is 30.4 Å². The summed E-state index contributed by atoms with van der Waals surface area (Å²) in [5.41, 5.74) is 2.35. The van der Waals surface area contributed by atoms with Crippen molar-refractivity contribution >= 4 is 34.8 Å². The second-order valence-corrected chi connectivity index (χ2v) is 9.08. The van der Waals surface area contributed by atoms with Crippen LogP contribution in [0.25, 0.3) is 0 Å². The van der Waals surface area contributed by atoms with Crippen LogP contribution in [0.1, 0.15) is 44.6 Å². The van der Waals surface area contributed by atoms with Crippen molar-refractivity contribution in [2.75, 3.05) is 25.0 Å². The Kier molecular flexibility index (Phi) is 9.32. The monoisotopic (exact) mass is 427 g/mol. The van der Waals surface area contributed by atoms with Crippen molar-refractivity contribution in [2.45, 2.75) is 55.7 Å². The first-order chi connectivity index (χ1) is 14.2. The van der Waals surface area contributed by atoms with Crippen LogP contribution in [-0.2, 0) is 5.75 Å². The van der Waals surface area contributed by atoms with Gasteiger partial charge >= 0.3 is 0 Å². The third kappa shape index (κ3) is 7.65. The average Bonchev–Trinajstić information content (AvgIpc) is 2.77. The molecule has 1 fully saturated rings. The molecule has 2 aromatic carbocycles. The topological polar surface area (TPSA) is 27.3 Å². The molecule has 29 heavy (non-hydrogen) atoms. The van der Waals surface area contributed by atoms with Gasteiger partial charge in [-0.2, -0.15) is 0 Å². The SMILES string of the molecule is CC[C@H]1CCCCN1CCCNC(=S)Nc1ccc(CSc2ccccc2)cc1. The van der Waals surface area contributed by atoms with Crippen LogP contribution in [0.5, 0.6) is 0 Å². The Bertz CT molecular complexity index is 734. The molecule has 0 radical (unpaired) electrons. The molecule has 3 rings (SSSR count). The Balaban J connectivity index is 1.33. The minimum atomic E-state index is 0.710. The van der Waals surface area contributed by atoms with Crippen molar-refractivity contribution in [3.63, 3.8) is 0 Å². The van der Waals surface area contributed by atoms with Crippen LogP contribution in [0, 0.1) is 0 Å². The summed E-state index contributed by atoms with van der Waals surface area (Å²) in [5, 5.41) is 7.37. The van der Waals surface area contributed by atoms with Gasteiger partial charge in [0.15, 0.2) is 5.11 Å². The molecule has 156 valence electrons. The van der Waals surface area contributed by atoms with Crippen molar-refractivity contribution in [1.29, 1.82) is 0 Å². The number of nitrogens with zero attached hydrogens (tertiary/aromatic N) is 1. The Morgan fingerprint density at radius 2 is 1.90 bits per heavy atom.